The van der Waals surface area contributed by atoms with Gasteiger partial charge in [0.05, 0.1) is 7.11 Å². The molecule has 1 saturated heterocycles. The average molecular weight is 326 g/mol. The molecular formula is C18H22N4O2. The van der Waals surface area contributed by atoms with Gasteiger partial charge in [-0.1, -0.05) is 6.92 Å². The van der Waals surface area contributed by atoms with Crippen molar-refractivity contribution in [3.8, 4) is 5.75 Å². The summed E-state index contributed by atoms with van der Waals surface area (Å²) >= 11 is 0. The topological polar surface area (TPSA) is 58.6 Å². The van der Waals surface area contributed by atoms with Crippen LogP contribution in [0, 0.1) is 0 Å². The van der Waals surface area contributed by atoms with Crippen LogP contribution in [0.5, 0.6) is 5.75 Å². The normalized spacial score (nSPS) is 14.6. The molecule has 0 unspecified atom stereocenters. The maximum absolute atomic E-state index is 12.7. The molecule has 1 aromatic carbocycles. The van der Waals surface area contributed by atoms with E-state index in [1.807, 2.05) is 23.1 Å². The number of methoxy groups -OCH3 is 1. The molecule has 0 radical (unpaired) electrons. The first-order chi connectivity index (χ1) is 11.7. The van der Waals surface area contributed by atoms with Crippen LogP contribution in [-0.4, -0.2) is 54.1 Å². The summed E-state index contributed by atoms with van der Waals surface area (Å²) in [7, 11) is 1.65. The standard InChI is InChI=1S/C18H22N4O2/c1-3-14-13-15(5-6-16(14)24-2)17(23)21-9-11-22(12-10-21)18-19-7-4-8-20-18/h4-8,13H,3,9-12H2,1-2H3. The second-order valence-corrected chi connectivity index (χ2v) is 5.71. The maximum Gasteiger partial charge on any atom is 0.253 e. The van der Waals surface area contributed by atoms with Crippen LogP contribution in [0.3, 0.4) is 0 Å². The number of hydrogen-bond donors (Lipinski definition) is 0. The average Bonchev–Trinajstić information content (AvgIpc) is 2.67. The molecule has 1 aliphatic heterocycles. The Hall–Kier alpha value is -2.63. The highest BCUT2D eigenvalue weighted by atomic mass is 16.5. The summed E-state index contributed by atoms with van der Waals surface area (Å²) in [6, 6.07) is 7.46. The SMILES string of the molecule is CCc1cc(C(=O)N2CCN(c3ncccn3)CC2)ccc1OC. The van der Waals surface area contributed by atoms with Crippen LogP contribution in [0.2, 0.25) is 0 Å². The van der Waals surface area contributed by atoms with Gasteiger partial charge in [0.15, 0.2) is 0 Å². The first-order valence-electron chi connectivity index (χ1n) is 8.21. The van der Waals surface area contributed by atoms with Crippen LogP contribution in [0.15, 0.2) is 36.7 Å². The van der Waals surface area contributed by atoms with E-state index in [9.17, 15) is 4.79 Å². The van der Waals surface area contributed by atoms with E-state index >= 15 is 0 Å². The van der Waals surface area contributed by atoms with Gasteiger partial charge in [0.2, 0.25) is 5.95 Å². The molecule has 2 aromatic rings. The lowest BCUT2D eigenvalue weighted by Crippen LogP contribution is -2.49. The molecule has 1 fully saturated rings. The third-order valence-corrected chi connectivity index (χ3v) is 4.31. The van der Waals surface area contributed by atoms with E-state index in [0.29, 0.717) is 13.1 Å². The Labute approximate surface area is 142 Å². The van der Waals surface area contributed by atoms with Gasteiger partial charge in [-0.15, -0.1) is 0 Å². The molecular weight excluding hydrogens is 304 g/mol. The minimum Gasteiger partial charge on any atom is -0.496 e. The number of rotatable bonds is 4. The van der Waals surface area contributed by atoms with E-state index in [-0.39, 0.29) is 5.91 Å². The smallest absolute Gasteiger partial charge is 0.253 e. The van der Waals surface area contributed by atoms with Gasteiger partial charge in [0.25, 0.3) is 5.91 Å². The van der Waals surface area contributed by atoms with E-state index in [1.54, 1.807) is 25.6 Å². The number of anilines is 1. The Kier molecular flexibility index (Phi) is 4.93. The summed E-state index contributed by atoms with van der Waals surface area (Å²) < 4.78 is 5.33. The highest BCUT2D eigenvalue weighted by Gasteiger charge is 2.23. The zero-order chi connectivity index (χ0) is 16.9. The number of aryl methyl sites for hydroxylation is 1. The van der Waals surface area contributed by atoms with Gasteiger partial charge >= 0.3 is 0 Å². The second kappa shape index (κ2) is 7.29. The highest BCUT2D eigenvalue weighted by Crippen LogP contribution is 2.22. The number of benzene rings is 1. The molecule has 1 amide bonds. The minimum atomic E-state index is 0.0704. The fourth-order valence-electron chi connectivity index (χ4n) is 2.93. The first-order valence-corrected chi connectivity index (χ1v) is 8.21. The van der Waals surface area contributed by atoms with Crippen molar-refractivity contribution < 1.29 is 9.53 Å². The summed E-state index contributed by atoms with van der Waals surface area (Å²) in [4.78, 5) is 25.3. The Morgan fingerprint density at radius 1 is 1.17 bits per heavy atom. The lowest BCUT2D eigenvalue weighted by molar-refractivity contribution is 0.0746. The number of carbonyl (C=O) groups excluding carboxylic acids is 1. The van der Waals surface area contributed by atoms with Gasteiger partial charge in [-0.05, 0) is 36.2 Å². The first kappa shape index (κ1) is 16.2. The summed E-state index contributed by atoms with van der Waals surface area (Å²) in [5, 5.41) is 0. The third kappa shape index (κ3) is 3.32. The monoisotopic (exact) mass is 326 g/mol. The van der Waals surface area contributed by atoms with Crippen molar-refractivity contribution in [1.82, 2.24) is 14.9 Å². The summed E-state index contributed by atoms with van der Waals surface area (Å²) in [5.74, 6) is 1.63. The van der Waals surface area contributed by atoms with E-state index < -0.39 is 0 Å². The highest BCUT2D eigenvalue weighted by molar-refractivity contribution is 5.94. The maximum atomic E-state index is 12.7. The Morgan fingerprint density at radius 3 is 2.50 bits per heavy atom. The molecule has 3 rings (SSSR count). The Balaban J connectivity index is 1.67. The molecule has 0 saturated carbocycles. The van der Waals surface area contributed by atoms with Crippen LogP contribution in [0.1, 0.15) is 22.8 Å². The van der Waals surface area contributed by atoms with Crippen molar-refractivity contribution in [2.45, 2.75) is 13.3 Å². The van der Waals surface area contributed by atoms with Crippen molar-refractivity contribution >= 4 is 11.9 Å². The third-order valence-electron chi connectivity index (χ3n) is 4.31. The number of amides is 1. The Morgan fingerprint density at radius 2 is 1.88 bits per heavy atom. The largest absolute Gasteiger partial charge is 0.496 e. The van der Waals surface area contributed by atoms with Crippen LogP contribution in [0.4, 0.5) is 5.95 Å². The van der Waals surface area contributed by atoms with E-state index in [0.717, 1.165) is 42.3 Å². The molecule has 0 spiro atoms. The molecule has 24 heavy (non-hydrogen) atoms. The van der Waals surface area contributed by atoms with Gasteiger partial charge in [-0.25, -0.2) is 9.97 Å². The molecule has 1 aliphatic rings. The molecule has 6 heteroatoms. The van der Waals surface area contributed by atoms with Crippen molar-refractivity contribution in [2.75, 3.05) is 38.2 Å². The molecule has 0 aliphatic carbocycles. The number of piperazine rings is 1. The molecule has 0 bridgehead atoms. The zero-order valence-corrected chi connectivity index (χ0v) is 14.1. The molecule has 0 N–H and O–H groups in total. The van der Waals surface area contributed by atoms with Crippen molar-refractivity contribution in [2.24, 2.45) is 0 Å². The number of hydrogen-bond acceptors (Lipinski definition) is 5. The second-order valence-electron chi connectivity index (χ2n) is 5.71. The summed E-state index contributed by atoms with van der Waals surface area (Å²) in [6.07, 6.45) is 4.32. The van der Waals surface area contributed by atoms with Gasteiger partial charge in [0, 0.05) is 44.1 Å². The molecule has 1 aromatic heterocycles. The zero-order valence-electron chi connectivity index (χ0n) is 14.1. The lowest BCUT2D eigenvalue weighted by Gasteiger charge is -2.34. The Bertz CT molecular complexity index is 697. The van der Waals surface area contributed by atoms with Gasteiger partial charge in [-0.2, -0.15) is 0 Å². The molecule has 126 valence electrons. The van der Waals surface area contributed by atoms with Gasteiger partial charge in [-0.3, -0.25) is 4.79 Å². The quantitative estimate of drug-likeness (QED) is 0.860. The summed E-state index contributed by atoms with van der Waals surface area (Å²) in [6.45, 7) is 4.89. The van der Waals surface area contributed by atoms with Crippen LogP contribution < -0.4 is 9.64 Å². The fourth-order valence-corrected chi connectivity index (χ4v) is 2.93. The number of carbonyl (C=O) groups is 1. The van der Waals surface area contributed by atoms with E-state index in [4.69, 9.17) is 4.74 Å². The number of ether oxygens (including phenoxy) is 1. The summed E-state index contributed by atoms with van der Waals surface area (Å²) in [5.41, 5.74) is 1.77. The van der Waals surface area contributed by atoms with Crippen LogP contribution in [0.25, 0.3) is 0 Å². The van der Waals surface area contributed by atoms with Gasteiger partial charge in [0.1, 0.15) is 5.75 Å². The fraction of sp³-hybridized carbons (Fsp3) is 0.389. The predicted molar refractivity (Wildman–Crippen MR) is 92.5 cm³/mol. The predicted octanol–water partition coefficient (Wildman–Crippen LogP) is 2.01. The molecule has 6 nitrogen and oxygen atoms in total. The van der Waals surface area contributed by atoms with Crippen molar-refractivity contribution in [1.29, 1.82) is 0 Å². The minimum absolute atomic E-state index is 0.0704. The van der Waals surface area contributed by atoms with Crippen molar-refractivity contribution in [3.63, 3.8) is 0 Å². The van der Waals surface area contributed by atoms with Crippen molar-refractivity contribution in [3.05, 3.63) is 47.8 Å². The number of aromatic nitrogens is 2. The molecule has 0 atom stereocenters. The van der Waals surface area contributed by atoms with Crippen LogP contribution in [-0.2, 0) is 6.42 Å². The van der Waals surface area contributed by atoms with Crippen LogP contribution >= 0.6 is 0 Å². The van der Waals surface area contributed by atoms with Gasteiger partial charge < -0.3 is 14.5 Å². The van der Waals surface area contributed by atoms with E-state index in [2.05, 4.69) is 21.8 Å². The molecule has 2 heterocycles. The van der Waals surface area contributed by atoms with E-state index in [1.165, 1.54) is 0 Å². The number of nitrogens with zero attached hydrogens (tertiary/aromatic N) is 4. The lowest BCUT2D eigenvalue weighted by atomic mass is 10.1.